The number of esters is 1. The number of rotatable bonds is 57. The van der Waals surface area contributed by atoms with Crippen LogP contribution in [-0.4, -0.2) is 74.3 Å². The summed E-state index contributed by atoms with van der Waals surface area (Å²) in [5.41, 5.74) is 0. The third kappa shape index (κ3) is 57.6. The Labute approximate surface area is 481 Å². The van der Waals surface area contributed by atoms with E-state index in [2.05, 4.69) is 111 Å². The van der Waals surface area contributed by atoms with Crippen LogP contribution in [-0.2, 0) is 27.9 Å². The number of unbranched alkanes of at least 4 members (excludes halogenated alkanes) is 27. The second-order valence-corrected chi connectivity index (χ2v) is 24.0. The van der Waals surface area contributed by atoms with Crippen LogP contribution in [0.4, 0.5) is 0 Å². The van der Waals surface area contributed by atoms with Crippen LogP contribution < -0.4 is 5.32 Å². The fourth-order valence-corrected chi connectivity index (χ4v) is 9.56. The molecule has 0 aromatic heterocycles. The number of carbonyl (C=O) groups excluding carboxylic acids is 2. The van der Waals surface area contributed by atoms with Crippen LogP contribution in [0.3, 0.4) is 0 Å². The Hall–Kier alpha value is -3.07. The number of quaternary nitrogens is 1. The summed E-state index contributed by atoms with van der Waals surface area (Å²) in [7, 11) is 1.47. The third-order valence-electron chi connectivity index (χ3n) is 13.8. The van der Waals surface area contributed by atoms with Gasteiger partial charge < -0.3 is 19.4 Å². The van der Waals surface area contributed by atoms with E-state index in [-0.39, 0.29) is 31.5 Å². The fourth-order valence-electron chi connectivity index (χ4n) is 8.82. The first-order valence-electron chi connectivity index (χ1n) is 32.1. The molecule has 0 radical (unpaired) electrons. The highest BCUT2D eigenvalue weighted by Gasteiger charge is 2.30. The molecule has 3 unspecified atom stereocenters. The fraction of sp³-hybridized carbons (Fsp3) is 0.735. The first-order valence-corrected chi connectivity index (χ1v) is 33.6. The number of ether oxygens (including phenoxy) is 1. The second kappa shape index (κ2) is 57.2. The molecule has 9 nitrogen and oxygen atoms in total. The van der Waals surface area contributed by atoms with Crippen molar-refractivity contribution < 1.29 is 37.3 Å². The summed E-state index contributed by atoms with van der Waals surface area (Å²) in [6, 6.07) is -0.866. The van der Waals surface area contributed by atoms with Crippen molar-refractivity contribution in [3.05, 3.63) is 97.2 Å². The van der Waals surface area contributed by atoms with Gasteiger partial charge in [-0.2, -0.15) is 0 Å². The van der Waals surface area contributed by atoms with Crippen molar-refractivity contribution in [2.75, 3.05) is 40.9 Å². The highest BCUT2D eigenvalue weighted by atomic mass is 31.2. The van der Waals surface area contributed by atoms with Crippen molar-refractivity contribution in [2.24, 2.45) is 0 Å². The number of hydrogen-bond acceptors (Lipinski definition) is 6. The van der Waals surface area contributed by atoms with Gasteiger partial charge in [0, 0.05) is 12.8 Å². The van der Waals surface area contributed by atoms with Gasteiger partial charge in [0.2, 0.25) is 5.91 Å². The van der Waals surface area contributed by atoms with Crippen LogP contribution in [0, 0.1) is 0 Å². The summed E-state index contributed by atoms with van der Waals surface area (Å²) >= 11 is 0. The van der Waals surface area contributed by atoms with Crippen LogP contribution in [0.25, 0.3) is 0 Å². The largest absolute Gasteiger partial charge is 0.472 e. The molecule has 0 heterocycles. The minimum absolute atomic E-state index is 0.0309. The molecule has 0 saturated carbocycles. The average Bonchev–Trinajstić information content (AvgIpc) is 3.40. The first-order chi connectivity index (χ1) is 37.9. The molecule has 0 bridgehead atoms. The van der Waals surface area contributed by atoms with Crippen LogP contribution >= 0.6 is 7.82 Å². The quantitative estimate of drug-likeness (QED) is 0.0205. The SMILES string of the molecule is CC/C=C/C/C=C/C/C=C/CCCCCCC(=O)OC(/C=C\CCCCCCCCCCCCC)C(COP(=O)(O)OCC[N+](C)(C)C)NC(=O)CCCCCCCCCCC/C=C\C/C=C\C/C=C\C/C=C\CCCCC. The molecule has 0 spiro atoms. The third-order valence-corrected chi connectivity index (χ3v) is 14.7. The molecule has 1 amide bonds. The number of amides is 1. The van der Waals surface area contributed by atoms with Gasteiger partial charge in [-0.3, -0.25) is 18.6 Å². The van der Waals surface area contributed by atoms with Crippen molar-refractivity contribution in [3.63, 3.8) is 0 Å². The number of phosphoric ester groups is 1. The summed E-state index contributed by atoms with van der Waals surface area (Å²) in [6.07, 6.45) is 76.9. The first kappa shape index (κ1) is 74.9. The predicted molar refractivity (Wildman–Crippen MR) is 337 cm³/mol. The molecule has 450 valence electrons. The molecular formula is C68H122N2O7P+. The summed E-state index contributed by atoms with van der Waals surface area (Å²) in [5.74, 6) is -0.539. The normalized spacial score (nSPS) is 14.3. The van der Waals surface area contributed by atoms with Gasteiger partial charge in [0.05, 0.1) is 33.8 Å². The van der Waals surface area contributed by atoms with Crippen molar-refractivity contribution in [1.82, 2.24) is 5.32 Å². The molecule has 78 heavy (non-hydrogen) atoms. The Morgan fingerprint density at radius 2 is 0.821 bits per heavy atom. The minimum atomic E-state index is -4.46. The van der Waals surface area contributed by atoms with Crippen LogP contribution in [0.15, 0.2) is 97.2 Å². The van der Waals surface area contributed by atoms with E-state index in [1.165, 1.54) is 116 Å². The van der Waals surface area contributed by atoms with E-state index in [0.717, 1.165) is 116 Å². The molecule has 2 N–H and O–H groups in total. The number of nitrogens with zero attached hydrogens (tertiary/aromatic N) is 1. The van der Waals surface area contributed by atoms with Crippen LogP contribution in [0.2, 0.25) is 0 Å². The minimum Gasteiger partial charge on any atom is -0.456 e. The van der Waals surface area contributed by atoms with Gasteiger partial charge in [0.1, 0.15) is 19.3 Å². The molecule has 3 atom stereocenters. The number of nitrogens with one attached hydrogen (secondary N) is 1. The lowest BCUT2D eigenvalue weighted by atomic mass is 10.0. The Morgan fingerprint density at radius 3 is 1.26 bits per heavy atom. The lowest BCUT2D eigenvalue weighted by Crippen LogP contribution is -2.47. The Bertz CT molecular complexity index is 1660. The molecule has 0 saturated heterocycles. The summed E-state index contributed by atoms with van der Waals surface area (Å²) in [6.45, 7) is 6.85. The smallest absolute Gasteiger partial charge is 0.456 e. The van der Waals surface area contributed by atoms with Gasteiger partial charge in [-0.25, -0.2) is 4.57 Å². The summed E-state index contributed by atoms with van der Waals surface area (Å²) < 4.78 is 30.7. The molecule has 0 fully saturated rings. The maximum absolute atomic E-state index is 13.6. The zero-order chi connectivity index (χ0) is 57.2. The maximum atomic E-state index is 13.6. The molecule has 0 aliphatic carbocycles. The second-order valence-electron chi connectivity index (χ2n) is 22.5. The van der Waals surface area contributed by atoms with E-state index in [1.807, 2.05) is 33.3 Å². The van der Waals surface area contributed by atoms with Gasteiger partial charge in [0.15, 0.2) is 0 Å². The highest BCUT2D eigenvalue weighted by molar-refractivity contribution is 7.47. The summed E-state index contributed by atoms with van der Waals surface area (Å²) in [4.78, 5) is 37.7. The van der Waals surface area contributed by atoms with E-state index < -0.39 is 20.0 Å². The van der Waals surface area contributed by atoms with Gasteiger partial charge in [-0.05, 0) is 109 Å². The highest BCUT2D eigenvalue weighted by Crippen LogP contribution is 2.43. The number of allylic oxidation sites excluding steroid dienone is 15. The van der Waals surface area contributed by atoms with E-state index in [9.17, 15) is 19.0 Å². The van der Waals surface area contributed by atoms with Gasteiger partial charge in [0.25, 0.3) is 0 Å². The molecule has 0 rings (SSSR count). The average molecular weight is 1110 g/mol. The van der Waals surface area contributed by atoms with Crippen molar-refractivity contribution >= 4 is 19.7 Å². The lowest BCUT2D eigenvalue weighted by Gasteiger charge is -2.27. The van der Waals surface area contributed by atoms with Crippen molar-refractivity contribution in [1.29, 1.82) is 0 Å². The molecule has 0 aliphatic rings. The number of carbonyl (C=O) groups is 2. The molecule has 0 aromatic carbocycles. The number of likely N-dealkylation sites (N-methyl/N-ethyl adjacent to an activating group) is 1. The van der Waals surface area contributed by atoms with Gasteiger partial charge in [-0.1, -0.05) is 247 Å². The topological polar surface area (TPSA) is 111 Å². The molecule has 0 aromatic rings. The number of phosphoric acid groups is 1. The Morgan fingerprint density at radius 1 is 0.462 bits per heavy atom. The zero-order valence-corrected chi connectivity index (χ0v) is 52.3. The predicted octanol–water partition coefficient (Wildman–Crippen LogP) is 19.9. The van der Waals surface area contributed by atoms with E-state index in [0.29, 0.717) is 23.9 Å². The maximum Gasteiger partial charge on any atom is 0.472 e. The van der Waals surface area contributed by atoms with Gasteiger partial charge >= 0.3 is 13.8 Å². The number of hydrogen-bond donors (Lipinski definition) is 2. The lowest BCUT2D eigenvalue weighted by molar-refractivity contribution is -0.870. The zero-order valence-electron chi connectivity index (χ0n) is 51.4. The monoisotopic (exact) mass is 1110 g/mol. The van der Waals surface area contributed by atoms with Crippen molar-refractivity contribution in [3.8, 4) is 0 Å². The Balaban J connectivity index is 5.20. The van der Waals surface area contributed by atoms with E-state index in [4.69, 9.17) is 13.8 Å². The van der Waals surface area contributed by atoms with E-state index in [1.54, 1.807) is 0 Å². The summed E-state index contributed by atoms with van der Waals surface area (Å²) in [5, 5.41) is 3.05. The van der Waals surface area contributed by atoms with Gasteiger partial charge in [-0.15, -0.1) is 0 Å². The van der Waals surface area contributed by atoms with Crippen LogP contribution in [0.5, 0.6) is 0 Å². The molecule has 10 heteroatoms. The molecule has 0 aliphatic heterocycles. The Kier molecular flexibility index (Phi) is 54.9. The molecular weight excluding hydrogens is 988 g/mol. The van der Waals surface area contributed by atoms with Crippen LogP contribution in [0.1, 0.15) is 271 Å². The standard InChI is InChI=1S/C68H121N2O7P/c1-7-10-13-16-19-22-25-28-30-31-32-33-34-35-36-37-38-39-40-42-45-48-51-54-57-60-67(71)69-65(64-76-78(73,74)75-63-62-70(4,5)6)66(59-56-53-50-47-44-41-27-24-21-18-15-12-9-3)77-68(72)61-58-55-52-49-46-43-29-26-23-20-17-14-11-8-2/h11,14,19-20,22-23,28-30,32-33,35-36,43,56,59,65-66H,7-10,12-13,15-18,21,24-27,31,34,37-42,44-55,57-58,60-64H2,1-6H3,(H-,69,71,73,74)/p+1/b14-11+,22-19-,23-20+,30-28-,33-32-,36-35-,43-29+,59-56-. The van der Waals surface area contributed by atoms with E-state index >= 15 is 0 Å². The van der Waals surface area contributed by atoms with Crippen molar-refractivity contribution in [2.45, 2.75) is 283 Å².